The summed E-state index contributed by atoms with van der Waals surface area (Å²) < 4.78 is 0. The molecule has 0 aliphatic heterocycles. The van der Waals surface area contributed by atoms with Gasteiger partial charge in [0.15, 0.2) is 5.78 Å². The highest BCUT2D eigenvalue weighted by Gasteiger charge is 2.47. The zero-order valence-electron chi connectivity index (χ0n) is 23.6. The molecule has 1 heterocycles. The molecule has 1 fully saturated rings. The molecule has 3 aromatic carbocycles. The summed E-state index contributed by atoms with van der Waals surface area (Å²) in [6, 6.07) is 22.8. The van der Waals surface area contributed by atoms with Gasteiger partial charge in [0, 0.05) is 30.2 Å². The Morgan fingerprint density at radius 2 is 1.77 bits per heavy atom. The molecule has 2 atom stereocenters. The van der Waals surface area contributed by atoms with Gasteiger partial charge < -0.3 is 10.6 Å². The van der Waals surface area contributed by atoms with Crippen molar-refractivity contribution in [2.45, 2.75) is 46.1 Å². The van der Waals surface area contributed by atoms with Gasteiger partial charge in [-0.15, -0.1) is 11.3 Å². The van der Waals surface area contributed by atoms with Crippen molar-refractivity contribution in [3.05, 3.63) is 118 Å². The zero-order chi connectivity index (χ0) is 28.5. The molecule has 0 spiro atoms. The summed E-state index contributed by atoms with van der Waals surface area (Å²) in [5.74, 6) is 0.628. The van der Waals surface area contributed by atoms with Gasteiger partial charge in [0.1, 0.15) is 5.01 Å². The minimum Gasteiger partial charge on any atom is -0.377 e. The molecule has 40 heavy (non-hydrogen) atoms. The number of amides is 1. The van der Waals surface area contributed by atoms with Crippen molar-refractivity contribution in [2.75, 3.05) is 6.54 Å². The fourth-order valence-electron chi connectivity index (χ4n) is 4.77. The van der Waals surface area contributed by atoms with Gasteiger partial charge in [-0.05, 0) is 59.6 Å². The molecule has 1 saturated carbocycles. The molecule has 1 amide bonds. The van der Waals surface area contributed by atoms with Gasteiger partial charge in [0.05, 0.1) is 5.70 Å². The van der Waals surface area contributed by atoms with Gasteiger partial charge in [-0.2, -0.15) is 0 Å². The monoisotopic (exact) mass is 551 g/mol. The molecule has 5 nitrogen and oxygen atoms in total. The van der Waals surface area contributed by atoms with E-state index in [0.717, 1.165) is 16.5 Å². The Balaban J connectivity index is 0.000000208. The van der Waals surface area contributed by atoms with Crippen LogP contribution in [0.4, 0.5) is 0 Å². The molecule has 6 heteroatoms. The lowest BCUT2D eigenvalue weighted by atomic mass is 9.93. The second-order valence-electron chi connectivity index (χ2n) is 10.3. The number of nitrogens with one attached hydrogen (secondary N) is 2. The molecular formula is C34H37N3O2S. The Labute approximate surface area is 241 Å². The second-order valence-corrected chi connectivity index (χ2v) is 11.3. The maximum Gasteiger partial charge on any atom is 0.267 e. The SMILES string of the molecule is C/C=C(/NC/C=C/c1nccs1)C(=O)NCc1ccccc1C(C)=O.CC1CC1(C)c1ccc2ccccc2c1. The predicted octanol–water partition coefficient (Wildman–Crippen LogP) is 7.31. The zero-order valence-corrected chi connectivity index (χ0v) is 24.4. The second kappa shape index (κ2) is 13.4. The van der Waals surface area contributed by atoms with Crippen LogP contribution in [0.2, 0.25) is 0 Å². The summed E-state index contributed by atoms with van der Waals surface area (Å²) in [5, 5.41) is 11.5. The van der Waals surface area contributed by atoms with Crippen molar-refractivity contribution in [3.63, 3.8) is 0 Å². The maximum absolute atomic E-state index is 12.3. The third-order valence-electron chi connectivity index (χ3n) is 7.56. The van der Waals surface area contributed by atoms with Crippen LogP contribution in [0.15, 0.2) is 96.2 Å². The number of carbonyl (C=O) groups excluding carboxylic acids is 2. The number of allylic oxidation sites excluding steroid dienone is 1. The molecule has 5 rings (SSSR count). The Kier molecular flexibility index (Phi) is 9.67. The molecule has 0 bridgehead atoms. The van der Waals surface area contributed by atoms with Crippen LogP contribution >= 0.6 is 11.3 Å². The first-order chi connectivity index (χ1) is 19.3. The lowest BCUT2D eigenvalue weighted by Gasteiger charge is -2.11. The van der Waals surface area contributed by atoms with E-state index in [1.165, 1.54) is 29.7 Å². The van der Waals surface area contributed by atoms with Gasteiger partial charge >= 0.3 is 0 Å². The lowest BCUT2D eigenvalue weighted by Crippen LogP contribution is -2.31. The fraction of sp³-hybridized carbons (Fsp3) is 0.265. The summed E-state index contributed by atoms with van der Waals surface area (Å²) in [6.45, 7) is 8.88. The Bertz CT molecular complexity index is 1520. The number of thiazole rings is 1. The average molecular weight is 552 g/mol. The largest absolute Gasteiger partial charge is 0.377 e. The number of Topliss-reactive ketones (excluding diaryl/α,β-unsaturated/α-hetero) is 1. The van der Waals surface area contributed by atoms with Gasteiger partial charge in [0.25, 0.3) is 5.91 Å². The number of hydrogen-bond acceptors (Lipinski definition) is 5. The first-order valence-electron chi connectivity index (χ1n) is 13.6. The molecule has 1 aliphatic rings. The molecule has 2 N–H and O–H groups in total. The predicted molar refractivity (Wildman–Crippen MR) is 166 cm³/mol. The Morgan fingerprint density at radius 3 is 2.45 bits per heavy atom. The molecule has 0 saturated heterocycles. The van der Waals surface area contributed by atoms with Crippen LogP contribution in [0.5, 0.6) is 0 Å². The molecule has 206 valence electrons. The number of nitrogens with zero attached hydrogens (tertiary/aromatic N) is 1. The third kappa shape index (κ3) is 7.33. The quantitative estimate of drug-likeness (QED) is 0.169. The van der Waals surface area contributed by atoms with Gasteiger partial charge in [0.2, 0.25) is 0 Å². The minimum atomic E-state index is -0.205. The summed E-state index contributed by atoms with van der Waals surface area (Å²) in [4.78, 5) is 28.1. The number of fused-ring (bicyclic) bond motifs is 1. The summed E-state index contributed by atoms with van der Waals surface area (Å²) in [5.41, 5.74) is 3.88. The Morgan fingerprint density at radius 1 is 1.05 bits per heavy atom. The standard InChI is InChI=1S/C19H21N3O2S.C15H16/c1-3-17(20-10-6-9-18-21-11-12-25-18)19(24)22-13-15-7-4-5-8-16(15)14(2)23;1-11-10-15(11,2)14-8-7-12-5-3-4-6-13(12)9-14/h3-9,11-12,20H,10,13H2,1-2H3,(H,22,24);3-9,11H,10H2,1-2H3/b9-6+,17-3+;. The first-order valence-corrected chi connectivity index (χ1v) is 14.5. The molecule has 0 radical (unpaired) electrons. The van der Waals surface area contributed by atoms with Crippen molar-refractivity contribution < 1.29 is 9.59 Å². The van der Waals surface area contributed by atoms with Crippen LogP contribution in [-0.4, -0.2) is 23.2 Å². The van der Waals surface area contributed by atoms with Crippen LogP contribution in [0, 0.1) is 5.92 Å². The van der Waals surface area contributed by atoms with E-state index in [1.807, 2.05) is 35.7 Å². The number of rotatable bonds is 9. The van der Waals surface area contributed by atoms with E-state index in [1.54, 1.807) is 36.6 Å². The van der Waals surface area contributed by atoms with E-state index in [-0.39, 0.29) is 11.7 Å². The summed E-state index contributed by atoms with van der Waals surface area (Å²) in [6.07, 6.45) is 8.64. The van der Waals surface area contributed by atoms with Crippen molar-refractivity contribution in [1.82, 2.24) is 15.6 Å². The van der Waals surface area contributed by atoms with Gasteiger partial charge in [-0.25, -0.2) is 4.98 Å². The van der Waals surface area contributed by atoms with Crippen LogP contribution in [0.1, 0.15) is 60.6 Å². The van der Waals surface area contributed by atoms with Gasteiger partial charge in [-0.1, -0.05) is 92.7 Å². The van der Waals surface area contributed by atoms with Crippen molar-refractivity contribution >= 4 is 39.9 Å². The highest BCUT2D eigenvalue weighted by molar-refractivity contribution is 7.10. The summed E-state index contributed by atoms with van der Waals surface area (Å²) >= 11 is 1.56. The highest BCUT2D eigenvalue weighted by Crippen LogP contribution is 2.53. The van der Waals surface area contributed by atoms with Crippen LogP contribution in [-0.2, 0) is 16.8 Å². The lowest BCUT2D eigenvalue weighted by molar-refractivity contribution is -0.118. The van der Waals surface area contributed by atoms with Crippen molar-refractivity contribution in [2.24, 2.45) is 5.92 Å². The van der Waals surface area contributed by atoms with Gasteiger partial charge in [-0.3, -0.25) is 9.59 Å². The molecule has 1 aromatic heterocycles. The molecular weight excluding hydrogens is 514 g/mol. The highest BCUT2D eigenvalue weighted by atomic mass is 32.1. The van der Waals surface area contributed by atoms with E-state index in [9.17, 15) is 9.59 Å². The number of ketones is 1. The number of hydrogen-bond donors (Lipinski definition) is 2. The smallest absolute Gasteiger partial charge is 0.267 e. The fourth-order valence-corrected chi connectivity index (χ4v) is 5.33. The van der Waals surface area contributed by atoms with E-state index < -0.39 is 0 Å². The number of carbonyl (C=O) groups is 2. The Hall–Kier alpha value is -4.03. The molecule has 2 unspecified atom stereocenters. The first kappa shape index (κ1) is 29.0. The van der Waals surface area contributed by atoms with Crippen LogP contribution in [0.3, 0.4) is 0 Å². The van der Waals surface area contributed by atoms with Crippen LogP contribution in [0.25, 0.3) is 16.8 Å². The maximum atomic E-state index is 12.3. The van der Waals surface area contributed by atoms with E-state index in [4.69, 9.17) is 0 Å². The van der Waals surface area contributed by atoms with E-state index >= 15 is 0 Å². The average Bonchev–Trinajstić information content (AvgIpc) is 3.32. The third-order valence-corrected chi connectivity index (χ3v) is 8.30. The minimum absolute atomic E-state index is 0.0124. The molecule has 1 aliphatic carbocycles. The number of benzene rings is 3. The normalized spacial score (nSPS) is 18.2. The number of aromatic nitrogens is 1. The van der Waals surface area contributed by atoms with Crippen molar-refractivity contribution in [3.8, 4) is 0 Å². The van der Waals surface area contributed by atoms with Crippen LogP contribution < -0.4 is 10.6 Å². The van der Waals surface area contributed by atoms with Crippen molar-refractivity contribution in [1.29, 1.82) is 0 Å². The van der Waals surface area contributed by atoms with E-state index in [2.05, 4.69) is 71.9 Å². The molecule has 4 aromatic rings. The summed E-state index contributed by atoms with van der Waals surface area (Å²) in [7, 11) is 0. The topological polar surface area (TPSA) is 71.1 Å². The van der Waals surface area contributed by atoms with E-state index in [0.29, 0.717) is 29.8 Å².